The quantitative estimate of drug-likeness (QED) is 0.0384. The number of aliphatic carboxylic acids is 1. The van der Waals surface area contributed by atoms with Gasteiger partial charge in [0, 0.05) is 67.4 Å². The molecule has 488 valence electrons. The Morgan fingerprint density at radius 1 is 0.703 bits per heavy atom. The summed E-state index contributed by atoms with van der Waals surface area (Å²) in [5.74, 6) is -2.13. The van der Waals surface area contributed by atoms with E-state index < -0.39 is 36.1 Å². The van der Waals surface area contributed by atoms with Gasteiger partial charge in [0.2, 0.25) is 0 Å². The predicted molar refractivity (Wildman–Crippen MR) is 342 cm³/mol. The molecule has 8 heterocycles. The van der Waals surface area contributed by atoms with E-state index >= 15 is 0 Å². The molecule has 0 radical (unpaired) electrons. The van der Waals surface area contributed by atoms with E-state index in [-0.39, 0.29) is 84.9 Å². The Morgan fingerprint density at radius 3 is 1.57 bits per heavy atom. The van der Waals surface area contributed by atoms with E-state index in [2.05, 4.69) is 91.0 Å². The van der Waals surface area contributed by atoms with Crippen LogP contribution in [-0.2, 0) is 17.9 Å². The molecule has 4 aromatic heterocycles. The van der Waals surface area contributed by atoms with Crippen LogP contribution in [0.25, 0.3) is 44.8 Å². The zero-order valence-corrected chi connectivity index (χ0v) is 53.9. The number of carboxylic acids is 1. The van der Waals surface area contributed by atoms with Crippen molar-refractivity contribution in [2.45, 2.75) is 69.4 Å². The number of H-pyrrole nitrogens is 4. The number of rotatable bonds is 13. The number of anilines is 1. The predicted octanol–water partition coefficient (Wildman–Crippen LogP) is 9.06. The van der Waals surface area contributed by atoms with Crippen LogP contribution in [0.2, 0.25) is 5.02 Å². The maximum atomic E-state index is 13.5. The van der Waals surface area contributed by atoms with Crippen molar-refractivity contribution in [3.63, 3.8) is 0 Å². The summed E-state index contributed by atoms with van der Waals surface area (Å²) in [5.41, 5.74) is 11.5. The number of imidazole rings is 2. The van der Waals surface area contributed by atoms with Crippen molar-refractivity contribution in [1.29, 1.82) is 0 Å². The van der Waals surface area contributed by atoms with E-state index in [1.54, 1.807) is 18.2 Å². The molecule has 4 aliphatic heterocycles. The van der Waals surface area contributed by atoms with E-state index in [9.17, 15) is 46.2 Å². The van der Waals surface area contributed by atoms with Gasteiger partial charge in [0.05, 0.1) is 41.7 Å². The van der Waals surface area contributed by atoms with Crippen LogP contribution in [0, 0.1) is 11.6 Å². The van der Waals surface area contributed by atoms with E-state index in [0.29, 0.717) is 83.9 Å². The molecule has 8 aromatic rings. The Balaban J connectivity index is 0.000000202. The standard InChI is InChI=1S/C29H30BrFN6O4.C20H20ClN5O2.C8H9BrFNO2.C2HF3O2.2ClH/c1-36-8-5-18(6-9-36)37-14-16-10-23-24(12-20(16)29(37)40)35-27(34-23)26-22(4-7-32-28(26)39)33-13-19(38)15-41-25-11-17(31)2-3-21(25)30;1-25-6-3-12(4-7-25)26-10-11-8-15-16(9-13(11)20(26)28)24-18(23-15)17-14(21)2-5-22-19(17)27;9-6-2-1-5(10)3-7(6)13-4-8(11)12;3-2(4,5)1(6)7;;/h2-4,7,10-12,18-19,38H,5-6,8-9,13-15H2,1H3,(H,34,35)(H2,32,33,39);2,5,8-9,12H,3-4,6-7,10H2,1H3,(H,22,27)(H,23,24);1-3,8,12H,4,11H2;(H,6,7);2*1H/t19-;;8-;;;/m1.0.../s1. The van der Waals surface area contributed by atoms with Crippen LogP contribution >= 0.6 is 68.3 Å². The molecule has 32 heteroatoms. The Labute approximate surface area is 549 Å². The lowest BCUT2D eigenvalue weighted by atomic mass is 10.0. The highest BCUT2D eigenvalue weighted by Crippen LogP contribution is 2.35. The third-order valence-corrected chi connectivity index (χ3v) is 16.7. The monoisotopic (exact) mass is 1460 g/mol. The molecule has 0 bridgehead atoms. The second-order valence-corrected chi connectivity index (χ2v) is 23.6. The first-order valence-corrected chi connectivity index (χ1v) is 29.7. The molecule has 2 saturated heterocycles. The molecule has 2 amide bonds. The Morgan fingerprint density at radius 2 is 1.13 bits per heavy atom. The zero-order valence-electron chi connectivity index (χ0n) is 48.4. The summed E-state index contributed by atoms with van der Waals surface area (Å²) in [5, 5.41) is 29.8. The first kappa shape index (κ1) is 71.3. The van der Waals surface area contributed by atoms with Gasteiger partial charge in [-0.1, -0.05) is 11.6 Å². The number of benzene rings is 4. The van der Waals surface area contributed by atoms with Gasteiger partial charge in [0.1, 0.15) is 71.5 Å². The average Bonchev–Trinajstić information content (AvgIpc) is 1.62. The van der Waals surface area contributed by atoms with Crippen LogP contribution in [0.15, 0.2) is 104 Å². The summed E-state index contributed by atoms with van der Waals surface area (Å²) in [7, 11) is 4.22. The van der Waals surface area contributed by atoms with Gasteiger partial charge in [-0.2, -0.15) is 13.2 Å². The Hall–Kier alpha value is -7.19. The topological polar surface area (TPSA) is 304 Å². The Bertz CT molecular complexity index is 4030. The van der Waals surface area contributed by atoms with Crippen molar-refractivity contribution in [3.8, 4) is 34.3 Å². The maximum Gasteiger partial charge on any atom is 0.490 e. The minimum atomic E-state index is -5.08. The smallest absolute Gasteiger partial charge is 0.490 e. The number of pyridine rings is 2. The number of amides is 2. The third-order valence-electron chi connectivity index (χ3n) is 15.1. The van der Waals surface area contributed by atoms with Gasteiger partial charge < -0.3 is 75.4 Å². The number of likely N-dealkylation sites (tertiary alicyclic amines) is 2. The molecule has 12 rings (SSSR count). The van der Waals surface area contributed by atoms with E-state index in [1.165, 1.54) is 48.8 Å². The van der Waals surface area contributed by atoms with Crippen LogP contribution < -0.4 is 31.6 Å². The molecular weight excluding hydrogens is 1400 g/mol. The number of nitrogens with two attached hydrogens (primary N) is 1. The Kier molecular flexibility index (Phi) is 24.2. The first-order chi connectivity index (χ1) is 42.3. The van der Waals surface area contributed by atoms with Gasteiger partial charge in [-0.05, 0) is 170 Å². The highest BCUT2D eigenvalue weighted by molar-refractivity contribution is 9.11. The number of carbonyl (C=O) groups is 3. The normalized spacial score (nSPS) is 15.8. The number of ether oxygens (including phenoxy) is 2. The number of nitrogens with one attached hydrogen (secondary N) is 5. The molecule has 4 aromatic carbocycles. The molecule has 0 unspecified atom stereocenters. The second kappa shape index (κ2) is 31.0. The molecule has 10 N–H and O–H groups in total. The lowest BCUT2D eigenvalue weighted by Crippen LogP contribution is -2.43. The van der Waals surface area contributed by atoms with Crippen molar-refractivity contribution in [3.05, 3.63) is 154 Å². The summed E-state index contributed by atoms with van der Waals surface area (Å²) in [4.78, 5) is 89.7. The van der Waals surface area contributed by atoms with Gasteiger partial charge in [-0.25, -0.2) is 23.5 Å². The number of halogens is 10. The molecule has 2 fully saturated rings. The summed E-state index contributed by atoms with van der Waals surface area (Å²) in [6, 6.07) is 19.5. The fourth-order valence-corrected chi connectivity index (χ4v) is 11.4. The van der Waals surface area contributed by atoms with Crippen LogP contribution in [0.1, 0.15) is 57.5 Å². The summed E-state index contributed by atoms with van der Waals surface area (Å²) >= 11 is 12.7. The summed E-state index contributed by atoms with van der Waals surface area (Å²) < 4.78 is 69.7. The first-order valence-electron chi connectivity index (χ1n) is 27.8. The fraction of sp³-hybridized carbons (Fsp3) is 0.339. The molecule has 4 aliphatic rings. The number of alkyl halides is 3. The van der Waals surface area contributed by atoms with E-state index in [0.717, 1.165) is 74.0 Å². The number of piperidine rings is 2. The van der Waals surface area contributed by atoms with Gasteiger partial charge in [0.15, 0.2) is 0 Å². The second-order valence-electron chi connectivity index (χ2n) is 21.5. The lowest BCUT2D eigenvalue weighted by molar-refractivity contribution is -0.192. The number of carbonyl (C=O) groups excluding carboxylic acids is 2. The largest absolute Gasteiger partial charge is 0.490 e. The number of hydrogen-bond acceptors (Lipinski definition) is 15. The average molecular weight is 1460 g/mol. The number of carboxylic acid groups (broad SMARTS) is 1. The van der Waals surface area contributed by atoms with E-state index in [1.807, 2.05) is 28.0 Å². The third kappa shape index (κ3) is 17.5. The molecule has 0 aliphatic carbocycles. The van der Waals surface area contributed by atoms with Gasteiger partial charge >= 0.3 is 12.1 Å². The van der Waals surface area contributed by atoms with E-state index in [4.69, 9.17) is 41.8 Å². The minimum Gasteiger partial charge on any atom is -0.490 e. The molecule has 0 saturated carbocycles. The summed E-state index contributed by atoms with van der Waals surface area (Å²) in [6.45, 7) is 5.09. The number of aliphatic hydroxyl groups excluding tert-OH is 2. The molecule has 2 atom stereocenters. The van der Waals surface area contributed by atoms with Crippen LogP contribution in [-0.4, -0.2) is 173 Å². The highest BCUT2D eigenvalue weighted by atomic mass is 79.9. The number of aromatic nitrogens is 6. The SMILES string of the molecule is CN1CCC(N2Cc3cc4[nH]c(-c5c(Cl)cc[nH]c5=O)nc4cc3C2=O)CC1.CN1CCC(N2Cc3cc4[nH]c(-c5c(NC[C@@H](O)COc6cc(F)ccc6Br)cc[nH]c5=O)nc4cc3C2=O)CC1.Cl.Cl.N[C@@H](O)COc1cc(F)ccc1Br.O=C(O)C(F)(F)F. The highest BCUT2D eigenvalue weighted by Gasteiger charge is 2.39. The maximum absolute atomic E-state index is 13.5. The minimum absolute atomic E-state index is 0. The van der Waals surface area contributed by atoms with Crippen LogP contribution in [0.5, 0.6) is 11.5 Å². The molecule has 91 heavy (non-hydrogen) atoms. The van der Waals surface area contributed by atoms with Crippen molar-refractivity contribution >= 4 is 114 Å². The van der Waals surface area contributed by atoms with Crippen LogP contribution in [0.4, 0.5) is 27.6 Å². The molecular formula is C59H62Br2Cl3F5N12O10. The number of hydrogen-bond donors (Lipinski definition) is 9. The van der Waals surface area contributed by atoms with Crippen molar-refractivity contribution in [2.24, 2.45) is 5.73 Å². The van der Waals surface area contributed by atoms with Gasteiger partial charge in [-0.15, -0.1) is 24.8 Å². The number of aliphatic hydroxyl groups is 2. The van der Waals surface area contributed by atoms with Gasteiger partial charge in [-0.3, -0.25) is 19.2 Å². The zero-order chi connectivity index (χ0) is 64.0. The van der Waals surface area contributed by atoms with Crippen molar-refractivity contribution in [2.75, 3.05) is 65.3 Å². The number of nitrogens with zero attached hydrogens (tertiary/aromatic N) is 6. The number of fused-ring (bicyclic) bond motifs is 4. The van der Waals surface area contributed by atoms with Crippen molar-refractivity contribution in [1.82, 2.24) is 49.5 Å². The number of aromatic amines is 4. The fourth-order valence-electron chi connectivity index (χ4n) is 10.5. The summed E-state index contributed by atoms with van der Waals surface area (Å²) in [6.07, 6.45) is -0.142. The lowest BCUT2D eigenvalue weighted by Gasteiger charge is -2.34. The van der Waals surface area contributed by atoms with Crippen molar-refractivity contribution < 1.29 is 61.1 Å². The van der Waals surface area contributed by atoms with Gasteiger partial charge in [0.25, 0.3) is 22.9 Å². The van der Waals surface area contributed by atoms with Crippen LogP contribution in [0.3, 0.4) is 0 Å². The molecule has 0 spiro atoms. The molecule has 22 nitrogen and oxygen atoms in total.